The van der Waals surface area contributed by atoms with E-state index in [1.165, 1.54) is 23.7 Å². The topological polar surface area (TPSA) is 74.3 Å². The number of hydrogen-bond donors (Lipinski definition) is 0. The van der Waals surface area contributed by atoms with Crippen LogP contribution in [0.5, 0.6) is 0 Å². The van der Waals surface area contributed by atoms with Crippen LogP contribution in [0.2, 0.25) is 0 Å². The summed E-state index contributed by atoms with van der Waals surface area (Å²) in [5, 5.41) is 0. The van der Waals surface area contributed by atoms with Crippen LogP contribution in [0, 0.1) is 5.82 Å². The van der Waals surface area contributed by atoms with Crippen molar-refractivity contribution in [2.75, 3.05) is 13.1 Å². The number of hydrogen-bond acceptors (Lipinski definition) is 5. The van der Waals surface area contributed by atoms with Crippen molar-refractivity contribution in [1.29, 1.82) is 0 Å². The van der Waals surface area contributed by atoms with Crippen LogP contribution in [0.3, 0.4) is 0 Å². The van der Waals surface area contributed by atoms with Gasteiger partial charge in [0, 0.05) is 33.7 Å². The maximum atomic E-state index is 13.4. The van der Waals surface area contributed by atoms with Gasteiger partial charge in [-0.2, -0.15) is 0 Å². The summed E-state index contributed by atoms with van der Waals surface area (Å²) in [6.07, 6.45) is 0.196. The molecule has 0 saturated carbocycles. The molecule has 1 saturated heterocycles. The van der Waals surface area contributed by atoms with E-state index >= 15 is 0 Å². The van der Waals surface area contributed by atoms with Gasteiger partial charge in [-0.3, -0.25) is 18.8 Å². The van der Waals surface area contributed by atoms with E-state index in [4.69, 9.17) is 4.74 Å². The van der Waals surface area contributed by atoms with Crippen molar-refractivity contribution in [3.63, 3.8) is 0 Å². The molecule has 1 aliphatic rings. The highest BCUT2D eigenvalue weighted by Gasteiger charge is 2.25. The van der Waals surface area contributed by atoms with E-state index in [1.807, 2.05) is 18.4 Å². The summed E-state index contributed by atoms with van der Waals surface area (Å²) in [6, 6.07) is 6.17. The van der Waals surface area contributed by atoms with E-state index in [1.54, 1.807) is 19.2 Å². The number of fused-ring (bicyclic) bond motifs is 1. The molecular formula is C21H26FN5O3. The number of benzene rings is 1. The van der Waals surface area contributed by atoms with Crippen LogP contribution in [-0.4, -0.2) is 48.9 Å². The monoisotopic (exact) mass is 415 g/mol. The highest BCUT2D eigenvalue weighted by atomic mass is 19.1. The van der Waals surface area contributed by atoms with Crippen LogP contribution in [0.4, 0.5) is 4.39 Å². The molecule has 0 radical (unpaired) electrons. The number of ether oxygens (including phenoxy) is 1. The third-order valence-corrected chi connectivity index (χ3v) is 5.54. The molecular weight excluding hydrogens is 389 g/mol. The number of morpholine rings is 1. The van der Waals surface area contributed by atoms with Gasteiger partial charge in [-0.1, -0.05) is 12.1 Å². The second kappa shape index (κ2) is 7.81. The molecule has 160 valence electrons. The van der Waals surface area contributed by atoms with Crippen LogP contribution >= 0.6 is 0 Å². The van der Waals surface area contributed by atoms with Crippen molar-refractivity contribution >= 4 is 11.2 Å². The van der Waals surface area contributed by atoms with Crippen LogP contribution in [0.1, 0.15) is 25.2 Å². The van der Waals surface area contributed by atoms with Crippen molar-refractivity contribution in [1.82, 2.24) is 23.6 Å². The Kier molecular flexibility index (Phi) is 5.33. The summed E-state index contributed by atoms with van der Waals surface area (Å²) in [7, 11) is 3.08. The van der Waals surface area contributed by atoms with Crippen molar-refractivity contribution in [3.05, 3.63) is 62.3 Å². The van der Waals surface area contributed by atoms with Crippen molar-refractivity contribution in [2.24, 2.45) is 14.1 Å². The maximum absolute atomic E-state index is 13.4. The minimum absolute atomic E-state index is 0.0981. The number of halogens is 1. The molecule has 3 aromatic rings. The lowest BCUT2D eigenvalue weighted by molar-refractivity contribution is -0.0712. The highest BCUT2D eigenvalue weighted by molar-refractivity contribution is 5.71. The fraction of sp³-hybridized carbons (Fsp3) is 0.476. The molecule has 1 aliphatic heterocycles. The molecule has 8 nitrogen and oxygen atoms in total. The summed E-state index contributed by atoms with van der Waals surface area (Å²) in [5.41, 5.74) is 0.760. The Hall–Kier alpha value is -2.78. The quantitative estimate of drug-likeness (QED) is 0.641. The Labute approximate surface area is 173 Å². The minimum atomic E-state index is -0.418. The fourth-order valence-electron chi connectivity index (χ4n) is 4.17. The second-order valence-electron chi connectivity index (χ2n) is 8.07. The third-order valence-electron chi connectivity index (χ3n) is 5.54. The van der Waals surface area contributed by atoms with Gasteiger partial charge in [0.05, 0.1) is 18.8 Å². The molecule has 1 aromatic carbocycles. The molecule has 0 spiro atoms. The first kappa shape index (κ1) is 20.5. The summed E-state index contributed by atoms with van der Waals surface area (Å²) in [5.74, 6) is 0.373. The first-order valence-electron chi connectivity index (χ1n) is 10.0. The number of rotatable bonds is 4. The molecule has 0 aliphatic carbocycles. The van der Waals surface area contributed by atoms with E-state index in [-0.39, 0.29) is 18.0 Å². The average Bonchev–Trinajstić information content (AvgIpc) is 3.03. The van der Waals surface area contributed by atoms with Gasteiger partial charge in [-0.15, -0.1) is 0 Å². The smallest absolute Gasteiger partial charge is 0.332 e. The molecule has 2 atom stereocenters. The lowest BCUT2D eigenvalue weighted by atomic mass is 10.2. The second-order valence-corrected chi connectivity index (χ2v) is 8.07. The standard InChI is InChI=1S/C21H26FN5O3/c1-13-9-26(10-14(2)30-13)12-17-23-19-18(20(28)25(4)21(29)24(19)3)27(17)11-15-5-7-16(22)8-6-15/h5-8,13-14H,9-12H2,1-4H3/t13-,14-/m1/s1. The van der Waals surface area contributed by atoms with E-state index < -0.39 is 11.2 Å². The van der Waals surface area contributed by atoms with E-state index in [0.717, 1.165) is 23.2 Å². The number of aryl methyl sites for hydroxylation is 1. The van der Waals surface area contributed by atoms with Gasteiger partial charge < -0.3 is 9.30 Å². The predicted octanol–water partition coefficient (Wildman–Crippen LogP) is 1.23. The van der Waals surface area contributed by atoms with E-state index in [0.29, 0.717) is 30.1 Å². The summed E-state index contributed by atoms with van der Waals surface area (Å²) in [4.78, 5) is 32.3. The maximum Gasteiger partial charge on any atom is 0.332 e. The van der Waals surface area contributed by atoms with Gasteiger partial charge in [0.25, 0.3) is 5.56 Å². The van der Waals surface area contributed by atoms with Crippen LogP contribution in [0.25, 0.3) is 11.2 Å². The Balaban J connectivity index is 1.84. The zero-order chi connectivity index (χ0) is 21.6. The molecule has 9 heteroatoms. The molecule has 3 heterocycles. The van der Waals surface area contributed by atoms with Gasteiger partial charge in [-0.25, -0.2) is 14.2 Å². The molecule has 0 amide bonds. The van der Waals surface area contributed by atoms with Crippen LogP contribution in [0.15, 0.2) is 33.9 Å². The van der Waals surface area contributed by atoms with Gasteiger partial charge in [0.1, 0.15) is 11.6 Å². The van der Waals surface area contributed by atoms with Gasteiger partial charge >= 0.3 is 5.69 Å². The van der Waals surface area contributed by atoms with E-state index in [2.05, 4.69) is 9.88 Å². The summed E-state index contributed by atoms with van der Waals surface area (Å²) < 4.78 is 23.5. The van der Waals surface area contributed by atoms with Gasteiger partial charge in [0.15, 0.2) is 11.2 Å². The largest absolute Gasteiger partial charge is 0.373 e. The molecule has 0 unspecified atom stereocenters. The SMILES string of the molecule is C[C@@H]1CN(Cc2nc3c(c(=O)n(C)c(=O)n3C)n2Cc2ccc(F)cc2)C[C@@H](C)O1. The molecule has 2 aromatic heterocycles. The molecule has 0 N–H and O–H groups in total. The summed E-state index contributed by atoms with van der Waals surface area (Å²) >= 11 is 0. The average molecular weight is 415 g/mol. The molecule has 0 bridgehead atoms. The fourth-order valence-corrected chi connectivity index (χ4v) is 4.17. The van der Waals surface area contributed by atoms with Crippen molar-refractivity contribution < 1.29 is 9.13 Å². The van der Waals surface area contributed by atoms with E-state index in [9.17, 15) is 14.0 Å². The summed E-state index contributed by atoms with van der Waals surface area (Å²) in [6.45, 7) is 6.44. The first-order chi connectivity index (χ1) is 14.2. The Bertz CT molecular complexity index is 1180. The number of nitrogens with zero attached hydrogens (tertiary/aromatic N) is 5. The van der Waals surface area contributed by atoms with Crippen molar-refractivity contribution in [2.45, 2.75) is 39.1 Å². The number of aromatic nitrogens is 4. The van der Waals surface area contributed by atoms with Crippen LogP contribution in [-0.2, 0) is 31.9 Å². The lowest BCUT2D eigenvalue weighted by Gasteiger charge is -2.35. The first-order valence-corrected chi connectivity index (χ1v) is 10.0. The highest BCUT2D eigenvalue weighted by Crippen LogP contribution is 2.19. The zero-order valence-electron chi connectivity index (χ0n) is 17.6. The van der Waals surface area contributed by atoms with Crippen LogP contribution < -0.4 is 11.2 Å². The predicted molar refractivity (Wildman–Crippen MR) is 111 cm³/mol. The van der Waals surface area contributed by atoms with Gasteiger partial charge in [-0.05, 0) is 31.5 Å². The molecule has 4 rings (SSSR count). The molecule has 30 heavy (non-hydrogen) atoms. The molecule has 1 fully saturated rings. The Morgan fingerprint density at radius 3 is 2.30 bits per heavy atom. The minimum Gasteiger partial charge on any atom is -0.373 e. The lowest BCUT2D eigenvalue weighted by Crippen LogP contribution is -2.45. The number of imidazole rings is 1. The Morgan fingerprint density at radius 2 is 1.67 bits per heavy atom. The Morgan fingerprint density at radius 1 is 1.03 bits per heavy atom. The normalized spacial score (nSPS) is 20.2. The third kappa shape index (κ3) is 3.70. The van der Waals surface area contributed by atoms with Crippen molar-refractivity contribution in [3.8, 4) is 0 Å². The zero-order valence-corrected chi connectivity index (χ0v) is 17.6. The van der Waals surface area contributed by atoms with Gasteiger partial charge in [0.2, 0.25) is 0 Å².